The Hall–Kier alpha value is -2.81. The molecule has 2 nitrogen and oxygen atoms in total. The Morgan fingerprint density at radius 1 is 0.808 bits per heavy atom. The second-order valence-corrected chi connectivity index (χ2v) is 7.73. The van der Waals surface area contributed by atoms with E-state index in [9.17, 15) is 4.39 Å². The van der Waals surface area contributed by atoms with Crippen molar-refractivity contribution in [1.29, 1.82) is 0 Å². The van der Waals surface area contributed by atoms with E-state index in [4.69, 9.17) is 4.42 Å². The van der Waals surface area contributed by atoms with Crippen molar-refractivity contribution >= 4 is 33.3 Å². The molecule has 0 aliphatic carbocycles. The van der Waals surface area contributed by atoms with Crippen molar-refractivity contribution in [3.05, 3.63) is 72.0 Å². The maximum atomic E-state index is 14.1. The van der Waals surface area contributed by atoms with E-state index in [1.807, 2.05) is 31.3 Å². The first-order chi connectivity index (χ1) is 12.4. The van der Waals surface area contributed by atoms with Crippen LogP contribution in [0.25, 0.3) is 21.9 Å². The lowest BCUT2D eigenvalue weighted by atomic mass is 9.87. The van der Waals surface area contributed by atoms with E-state index >= 15 is 0 Å². The van der Waals surface area contributed by atoms with Crippen molar-refractivity contribution in [2.75, 3.05) is 11.9 Å². The molecule has 0 atom stereocenters. The normalized spacial score (nSPS) is 12.0. The number of halogens is 1. The standard InChI is InChI=1S/C23H22FNO/c1-23(2,3)15-11-13-16(14-12-15)25(4)20-10-6-8-18-17-7-5-9-19(24)21(17)26-22(18)20/h5-14H,1-4H3. The summed E-state index contributed by atoms with van der Waals surface area (Å²) in [6.45, 7) is 6.61. The van der Waals surface area contributed by atoms with Gasteiger partial charge in [0.2, 0.25) is 0 Å². The largest absolute Gasteiger partial charge is 0.451 e. The third kappa shape index (κ3) is 2.64. The molecule has 26 heavy (non-hydrogen) atoms. The van der Waals surface area contributed by atoms with Gasteiger partial charge in [-0.15, -0.1) is 0 Å². The van der Waals surface area contributed by atoms with Crippen LogP contribution in [0.5, 0.6) is 0 Å². The molecule has 0 bridgehead atoms. The number of hydrogen-bond acceptors (Lipinski definition) is 2. The first-order valence-corrected chi connectivity index (χ1v) is 8.80. The van der Waals surface area contributed by atoms with Gasteiger partial charge >= 0.3 is 0 Å². The summed E-state index contributed by atoms with van der Waals surface area (Å²) in [4.78, 5) is 2.08. The van der Waals surface area contributed by atoms with Gasteiger partial charge in [-0.3, -0.25) is 0 Å². The van der Waals surface area contributed by atoms with Gasteiger partial charge < -0.3 is 9.32 Å². The van der Waals surface area contributed by atoms with Crippen molar-refractivity contribution in [2.45, 2.75) is 26.2 Å². The summed E-state index contributed by atoms with van der Waals surface area (Å²) in [6.07, 6.45) is 0. The fourth-order valence-electron chi connectivity index (χ4n) is 3.36. The Kier molecular flexibility index (Phi) is 3.76. The molecule has 0 N–H and O–H groups in total. The second-order valence-electron chi connectivity index (χ2n) is 7.73. The summed E-state index contributed by atoms with van der Waals surface area (Å²) < 4.78 is 20.0. The van der Waals surface area contributed by atoms with E-state index in [1.54, 1.807) is 6.07 Å². The minimum absolute atomic E-state index is 0.118. The quantitative estimate of drug-likeness (QED) is 0.397. The molecule has 0 aliphatic heterocycles. The highest BCUT2D eigenvalue weighted by Crippen LogP contribution is 2.38. The van der Waals surface area contributed by atoms with Crippen LogP contribution in [-0.4, -0.2) is 7.05 Å². The third-order valence-corrected chi connectivity index (χ3v) is 4.94. The Balaban J connectivity index is 1.83. The number of anilines is 2. The smallest absolute Gasteiger partial charge is 0.171 e. The lowest BCUT2D eigenvalue weighted by molar-refractivity contribution is 0.584. The molecular formula is C23H22FNO. The highest BCUT2D eigenvalue weighted by atomic mass is 19.1. The lowest BCUT2D eigenvalue weighted by Gasteiger charge is -2.23. The molecule has 4 aromatic rings. The Morgan fingerprint density at radius 3 is 2.08 bits per heavy atom. The van der Waals surface area contributed by atoms with Crippen LogP contribution in [0, 0.1) is 5.82 Å². The van der Waals surface area contributed by atoms with Crippen LogP contribution in [0.15, 0.2) is 65.1 Å². The number of furan rings is 1. The topological polar surface area (TPSA) is 16.4 Å². The van der Waals surface area contributed by atoms with Gasteiger partial charge in [-0.1, -0.05) is 57.2 Å². The second kappa shape index (κ2) is 5.87. The number of nitrogens with zero attached hydrogens (tertiary/aromatic N) is 1. The van der Waals surface area contributed by atoms with Crippen LogP contribution in [-0.2, 0) is 5.41 Å². The highest BCUT2D eigenvalue weighted by molar-refractivity contribution is 6.09. The van der Waals surface area contributed by atoms with Gasteiger partial charge in [-0.25, -0.2) is 4.39 Å². The van der Waals surface area contributed by atoms with Crippen molar-refractivity contribution in [2.24, 2.45) is 0 Å². The molecule has 0 unspecified atom stereocenters. The first kappa shape index (κ1) is 16.6. The fraction of sp³-hybridized carbons (Fsp3) is 0.217. The molecule has 3 aromatic carbocycles. The molecular weight excluding hydrogens is 325 g/mol. The van der Waals surface area contributed by atoms with Gasteiger partial charge in [0.05, 0.1) is 5.69 Å². The predicted molar refractivity (Wildman–Crippen MR) is 107 cm³/mol. The number of para-hydroxylation sites is 2. The molecule has 0 fully saturated rings. The maximum absolute atomic E-state index is 14.1. The minimum Gasteiger partial charge on any atom is -0.451 e. The molecule has 0 saturated heterocycles. The number of rotatable bonds is 2. The van der Waals surface area contributed by atoms with Crippen molar-refractivity contribution in [1.82, 2.24) is 0 Å². The Bertz CT molecular complexity index is 1090. The van der Waals surface area contributed by atoms with Gasteiger partial charge in [0.1, 0.15) is 0 Å². The first-order valence-electron chi connectivity index (χ1n) is 8.80. The number of benzene rings is 3. The molecule has 0 saturated carbocycles. The lowest BCUT2D eigenvalue weighted by Crippen LogP contribution is -2.13. The Labute approximate surface area is 152 Å². The Morgan fingerprint density at radius 2 is 1.42 bits per heavy atom. The van der Waals surface area contributed by atoms with E-state index in [1.165, 1.54) is 11.6 Å². The molecule has 4 rings (SSSR count). The summed E-state index contributed by atoms with van der Waals surface area (Å²) >= 11 is 0. The van der Waals surface area contributed by atoms with Gasteiger partial charge in [0.15, 0.2) is 17.0 Å². The van der Waals surface area contributed by atoms with Crippen LogP contribution in [0.4, 0.5) is 15.8 Å². The zero-order chi connectivity index (χ0) is 18.5. The van der Waals surface area contributed by atoms with Gasteiger partial charge in [-0.05, 0) is 35.2 Å². The summed E-state index contributed by atoms with van der Waals surface area (Å²) in [6, 6.07) is 19.5. The van der Waals surface area contributed by atoms with E-state index < -0.39 is 0 Å². The number of hydrogen-bond donors (Lipinski definition) is 0. The van der Waals surface area contributed by atoms with E-state index in [0.717, 1.165) is 22.1 Å². The summed E-state index contributed by atoms with van der Waals surface area (Å²) in [5, 5.41) is 1.73. The van der Waals surface area contributed by atoms with Crippen LogP contribution >= 0.6 is 0 Å². The van der Waals surface area contributed by atoms with Crippen LogP contribution in [0.2, 0.25) is 0 Å². The fourth-order valence-corrected chi connectivity index (χ4v) is 3.36. The molecule has 0 spiro atoms. The monoisotopic (exact) mass is 347 g/mol. The van der Waals surface area contributed by atoms with E-state index in [-0.39, 0.29) is 11.2 Å². The van der Waals surface area contributed by atoms with E-state index in [2.05, 4.69) is 49.9 Å². The number of fused-ring (bicyclic) bond motifs is 3. The van der Waals surface area contributed by atoms with Gasteiger partial charge in [0.25, 0.3) is 0 Å². The van der Waals surface area contributed by atoms with Gasteiger partial charge in [-0.2, -0.15) is 0 Å². The van der Waals surface area contributed by atoms with Crippen LogP contribution in [0.3, 0.4) is 0 Å². The molecule has 0 aliphatic rings. The maximum Gasteiger partial charge on any atom is 0.171 e. The molecule has 1 heterocycles. The van der Waals surface area contributed by atoms with Crippen LogP contribution < -0.4 is 4.90 Å². The molecule has 0 amide bonds. The molecule has 0 radical (unpaired) electrons. The van der Waals surface area contributed by atoms with Gasteiger partial charge in [0, 0.05) is 23.5 Å². The van der Waals surface area contributed by atoms with Crippen LogP contribution in [0.1, 0.15) is 26.3 Å². The minimum atomic E-state index is -0.332. The average molecular weight is 347 g/mol. The summed E-state index contributed by atoms with van der Waals surface area (Å²) in [5.74, 6) is -0.332. The molecule has 3 heteroatoms. The predicted octanol–water partition coefficient (Wildman–Crippen LogP) is 6.79. The summed E-state index contributed by atoms with van der Waals surface area (Å²) in [5.41, 5.74) is 4.40. The average Bonchev–Trinajstić information content (AvgIpc) is 3.01. The van der Waals surface area contributed by atoms with Crippen molar-refractivity contribution in [3.8, 4) is 0 Å². The highest BCUT2D eigenvalue weighted by Gasteiger charge is 2.17. The molecule has 1 aromatic heterocycles. The zero-order valence-corrected chi connectivity index (χ0v) is 15.5. The van der Waals surface area contributed by atoms with Crippen molar-refractivity contribution in [3.63, 3.8) is 0 Å². The van der Waals surface area contributed by atoms with E-state index in [0.29, 0.717) is 11.2 Å². The van der Waals surface area contributed by atoms with Crippen molar-refractivity contribution < 1.29 is 8.81 Å². The SMILES string of the molecule is CN(c1ccc(C(C)(C)C)cc1)c1cccc2c1oc1c(F)cccc12. The third-order valence-electron chi connectivity index (χ3n) is 4.94. The zero-order valence-electron chi connectivity index (χ0n) is 15.5. The summed E-state index contributed by atoms with van der Waals surface area (Å²) in [7, 11) is 2.00. The molecule has 132 valence electrons.